The average Bonchev–Trinajstić information content (AvgIpc) is 3.26. The summed E-state index contributed by atoms with van der Waals surface area (Å²) in [6.45, 7) is 13.0. The van der Waals surface area contributed by atoms with Gasteiger partial charge in [-0.2, -0.15) is 18.2 Å². The number of fused-ring (bicyclic) bond motifs is 1. The standard InChI is InChI=1S/C29H35F3N8O2/c1-6-22(17-25(33-4)34-19(3)41)42-26-11-10-24-27(37-26)38(5)28(36-24)35-21-9-8-20(23(16-21)29(30,31)32)18-40-14-12-39(7-2)13-15-40/h6,8-11,16-17H,4,7,12-15,18H2,1-3,5H3,(H,34,41)(H,35,36)/b22-6+,25-17+. The molecule has 0 bridgehead atoms. The molecule has 1 saturated heterocycles. The molecule has 10 nitrogen and oxygen atoms in total. The van der Waals surface area contributed by atoms with Gasteiger partial charge in [0.25, 0.3) is 0 Å². The third-order valence-corrected chi connectivity index (χ3v) is 6.93. The first-order chi connectivity index (χ1) is 20.0. The van der Waals surface area contributed by atoms with Gasteiger partial charge in [-0.25, -0.2) is 9.98 Å². The number of amides is 1. The number of ether oxygens (including phenoxy) is 1. The fraction of sp³-hybridized carbons (Fsp3) is 0.379. The molecule has 2 aromatic heterocycles. The Morgan fingerprint density at radius 2 is 1.86 bits per heavy atom. The van der Waals surface area contributed by atoms with E-state index in [9.17, 15) is 18.0 Å². The number of rotatable bonds is 10. The van der Waals surface area contributed by atoms with Gasteiger partial charge in [-0.15, -0.1) is 0 Å². The number of nitrogens with one attached hydrogen (secondary N) is 2. The molecule has 3 heterocycles. The van der Waals surface area contributed by atoms with Crippen molar-refractivity contribution in [2.24, 2.45) is 12.0 Å². The summed E-state index contributed by atoms with van der Waals surface area (Å²) < 4.78 is 49.8. The highest BCUT2D eigenvalue weighted by atomic mass is 19.4. The van der Waals surface area contributed by atoms with E-state index in [0.717, 1.165) is 38.8 Å². The molecule has 0 radical (unpaired) electrons. The van der Waals surface area contributed by atoms with Crippen LogP contribution in [0.4, 0.5) is 24.8 Å². The fourth-order valence-corrected chi connectivity index (χ4v) is 4.63. The molecule has 0 unspecified atom stereocenters. The molecule has 224 valence electrons. The van der Waals surface area contributed by atoms with Crippen LogP contribution in [0.5, 0.6) is 5.88 Å². The van der Waals surface area contributed by atoms with Crippen LogP contribution in [0.2, 0.25) is 0 Å². The number of hydrogen-bond acceptors (Lipinski definition) is 8. The second-order valence-electron chi connectivity index (χ2n) is 9.85. The van der Waals surface area contributed by atoms with Gasteiger partial charge in [-0.1, -0.05) is 13.0 Å². The molecule has 0 atom stereocenters. The number of likely N-dealkylation sites (N-methyl/N-ethyl adjacent to an activating group) is 1. The Kier molecular flexibility index (Phi) is 9.63. The Bertz CT molecular complexity index is 1500. The van der Waals surface area contributed by atoms with Crippen LogP contribution in [-0.4, -0.2) is 69.7 Å². The van der Waals surface area contributed by atoms with Crippen molar-refractivity contribution in [3.8, 4) is 5.88 Å². The lowest BCUT2D eigenvalue weighted by Gasteiger charge is -2.34. The molecule has 13 heteroatoms. The normalized spacial score (nSPS) is 15.6. The third kappa shape index (κ3) is 7.53. The predicted octanol–water partition coefficient (Wildman–Crippen LogP) is 4.83. The number of allylic oxidation sites excluding steroid dienone is 2. The summed E-state index contributed by atoms with van der Waals surface area (Å²) >= 11 is 0. The maximum Gasteiger partial charge on any atom is 0.416 e. The molecule has 4 rings (SSSR count). The topological polar surface area (TPSA) is 99.9 Å². The first-order valence-electron chi connectivity index (χ1n) is 13.6. The fourth-order valence-electron chi connectivity index (χ4n) is 4.63. The van der Waals surface area contributed by atoms with Crippen LogP contribution < -0.4 is 15.4 Å². The minimum Gasteiger partial charge on any atom is -0.439 e. The van der Waals surface area contributed by atoms with E-state index < -0.39 is 11.7 Å². The molecule has 2 N–H and O–H groups in total. The van der Waals surface area contributed by atoms with E-state index in [0.29, 0.717) is 22.9 Å². The summed E-state index contributed by atoms with van der Waals surface area (Å²) in [5.41, 5.74) is 0.819. The molecule has 0 aliphatic carbocycles. The number of carbonyl (C=O) groups excluding carboxylic acids is 1. The van der Waals surface area contributed by atoms with Crippen molar-refractivity contribution in [1.29, 1.82) is 0 Å². The number of benzene rings is 1. The monoisotopic (exact) mass is 584 g/mol. The van der Waals surface area contributed by atoms with Crippen molar-refractivity contribution in [2.45, 2.75) is 33.5 Å². The van der Waals surface area contributed by atoms with Gasteiger partial charge in [0, 0.05) is 64.5 Å². The zero-order chi connectivity index (χ0) is 30.4. The van der Waals surface area contributed by atoms with Crippen LogP contribution in [0.25, 0.3) is 11.2 Å². The lowest BCUT2D eigenvalue weighted by Crippen LogP contribution is -2.45. The molecule has 1 aliphatic heterocycles. The number of imidazole rings is 1. The largest absolute Gasteiger partial charge is 0.439 e. The van der Waals surface area contributed by atoms with Crippen LogP contribution in [0.3, 0.4) is 0 Å². The third-order valence-electron chi connectivity index (χ3n) is 6.93. The molecule has 0 saturated carbocycles. The average molecular weight is 585 g/mol. The van der Waals surface area contributed by atoms with Crippen molar-refractivity contribution in [2.75, 3.05) is 38.0 Å². The lowest BCUT2D eigenvalue weighted by atomic mass is 10.0. The van der Waals surface area contributed by atoms with E-state index in [-0.39, 0.29) is 35.4 Å². The number of aliphatic imine (C=N–C) groups is 1. The van der Waals surface area contributed by atoms with E-state index in [1.807, 2.05) is 0 Å². The number of aromatic nitrogens is 3. The van der Waals surface area contributed by atoms with Gasteiger partial charge in [0.1, 0.15) is 17.1 Å². The number of alkyl halides is 3. The van der Waals surface area contributed by atoms with E-state index in [1.54, 1.807) is 42.8 Å². The second-order valence-corrected chi connectivity index (χ2v) is 9.85. The van der Waals surface area contributed by atoms with Crippen LogP contribution in [0.15, 0.2) is 59.1 Å². The summed E-state index contributed by atoms with van der Waals surface area (Å²) in [6.07, 6.45) is -1.33. The number of anilines is 2. The Balaban J connectivity index is 1.54. The minimum absolute atomic E-state index is 0.215. The van der Waals surface area contributed by atoms with Crippen molar-refractivity contribution in [3.05, 3.63) is 65.2 Å². The number of halogens is 3. The molecular formula is C29H35F3N8O2. The van der Waals surface area contributed by atoms with Crippen LogP contribution >= 0.6 is 0 Å². The van der Waals surface area contributed by atoms with E-state index in [2.05, 4.69) is 49.0 Å². The molecule has 1 amide bonds. The molecule has 42 heavy (non-hydrogen) atoms. The van der Waals surface area contributed by atoms with Gasteiger partial charge in [0.2, 0.25) is 17.7 Å². The Morgan fingerprint density at radius 1 is 1.14 bits per heavy atom. The highest BCUT2D eigenvalue weighted by Gasteiger charge is 2.34. The molecule has 1 fully saturated rings. The number of carbonyl (C=O) groups is 1. The SMILES string of the molecule is C=N/C(=C\C(=C/C)Oc1ccc2nc(Nc3ccc(CN4CCN(CC)CC4)c(C(F)(F)F)c3)n(C)c2n1)NC(C)=O. The number of hydrogen-bond donors (Lipinski definition) is 2. The van der Waals surface area contributed by atoms with Gasteiger partial charge in [-0.3, -0.25) is 14.3 Å². The lowest BCUT2D eigenvalue weighted by molar-refractivity contribution is -0.138. The van der Waals surface area contributed by atoms with Crippen molar-refractivity contribution >= 4 is 35.4 Å². The maximum absolute atomic E-state index is 14.1. The Hall–Kier alpha value is -4.23. The number of piperazine rings is 1. The summed E-state index contributed by atoms with van der Waals surface area (Å²) in [7, 11) is 1.70. The van der Waals surface area contributed by atoms with Gasteiger partial charge in [0.05, 0.1) is 5.56 Å². The van der Waals surface area contributed by atoms with Crippen molar-refractivity contribution in [1.82, 2.24) is 29.7 Å². The molecule has 0 spiro atoms. The van der Waals surface area contributed by atoms with Crippen LogP contribution in [0, 0.1) is 0 Å². The minimum atomic E-state index is -4.50. The number of aryl methyl sites for hydroxylation is 1. The maximum atomic E-state index is 14.1. The van der Waals surface area contributed by atoms with Gasteiger partial charge in [-0.05, 0) is 50.0 Å². The smallest absolute Gasteiger partial charge is 0.416 e. The quantitative estimate of drug-likeness (QED) is 0.200. The van der Waals surface area contributed by atoms with Crippen LogP contribution in [0.1, 0.15) is 31.9 Å². The van der Waals surface area contributed by atoms with E-state index in [4.69, 9.17) is 4.74 Å². The van der Waals surface area contributed by atoms with Gasteiger partial charge in [0.15, 0.2) is 5.65 Å². The predicted molar refractivity (Wildman–Crippen MR) is 156 cm³/mol. The molecule has 1 aromatic carbocycles. The molecule has 1 aliphatic rings. The molecular weight excluding hydrogens is 549 g/mol. The second kappa shape index (κ2) is 13.2. The first-order valence-corrected chi connectivity index (χ1v) is 13.6. The summed E-state index contributed by atoms with van der Waals surface area (Å²) in [5, 5.41) is 5.55. The van der Waals surface area contributed by atoms with Gasteiger partial charge >= 0.3 is 6.18 Å². The Morgan fingerprint density at radius 3 is 2.48 bits per heavy atom. The van der Waals surface area contributed by atoms with Crippen molar-refractivity contribution in [3.63, 3.8) is 0 Å². The highest BCUT2D eigenvalue weighted by Crippen LogP contribution is 2.35. The van der Waals surface area contributed by atoms with E-state index in [1.165, 1.54) is 19.1 Å². The zero-order valence-corrected chi connectivity index (χ0v) is 24.1. The Labute approximate surface area is 242 Å². The zero-order valence-electron chi connectivity index (χ0n) is 24.1. The summed E-state index contributed by atoms with van der Waals surface area (Å²) in [5.74, 6) is 0.843. The van der Waals surface area contributed by atoms with Crippen LogP contribution in [-0.2, 0) is 24.6 Å². The van der Waals surface area contributed by atoms with Gasteiger partial charge < -0.3 is 20.3 Å². The highest BCUT2D eigenvalue weighted by molar-refractivity contribution is 5.77. The summed E-state index contributed by atoms with van der Waals surface area (Å²) in [4.78, 5) is 28.5. The summed E-state index contributed by atoms with van der Waals surface area (Å²) in [6, 6.07) is 7.61. The van der Waals surface area contributed by atoms with Crippen molar-refractivity contribution < 1.29 is 22.7 Å². The number of nitrogens with zero attached hydrogens (tertiary/aromatic N) is 6. The number of pyridine rings is 1. The molecule has 3 aromatic rings. The van der Waals surface area contributed by atoms with E-state index >= 15 is 0 Å². The first kappa shape index (κ1) is 30.7.